The number of benzene rings is 1. The largest absolute Gasteiger partial charge is 0.354 e. The van der Waals surface area contributed by atoms with Crippen molar-refractivity contribution in [1.29, 1.82) is 0 Å². The first-order valence-corrected chi connectivity index (χ1v) is 11.9. The fraction of sp³-hybridized carbons (Fsp3) is 0.304. The van der Waals surface area contributed by atoms with Gasteiger partial charge in [-0.2, -0.15) is 0 Å². The van der Waals surface area contributed by atoms with E-state index in [4.69, 9.17) is 0 Å². The molecule has 7 nitrogen and oxygen atoms in total. The molecule has 1 aromatic carbocycles. The van der Waals surface area contributed by atoms with Crippen molar-refractivity contribution in [2.24, 2.45) is 0 Å². The molecule has 1 saturated heterocycles. The highest BCUT2D eigenvalue weighted by molar-refractivity contribution is 7.92. The number of para-hydroxylation sites is 1. The highest BCUT2D eigenvalue weighted by Gasteiger charge is 2.25. The Morgan fingerprint density at radius 3 is 2.32 bits per heavy atom. The number of sulfonamides is 1. The molecule has 3 aromatic rings. The van der Waals surface area contributed by atoms with Crippen LogP contribution < -0.4 is 9.21 Å². The monoisotopic (exact) mass is 437 g/mol. The van der Waals surface area contributed by atoms with Crippen LogP contribution in [0.2, 0.25) is 0 Å². The van der Waals surface area contributed by atoms with E-state index in [9.17, 15) is 8.42 Å². The molecule has 0 atom stereocenters. The zero-order valence-electron chi connectivity index (χ0n) is 17.6. The summed E-state index contributed by atoms with van der Waals surface area (Å²) in [5.74, 6) is 0.808. The van der Waals surface area contributed by atoms with Crippen molar-refractivity contribution in [3.63, 3.8) is 0 Å². The van der Waals surface area contributed by atoms with E-state index in [0.29, 0.717) is 12.2 Å². The van der Waals surface area contributed by atoms with Crippen molar-refractivity contribution >= 4 is 21.5 Å². The van der Waals surface area contributed by atoms with Gasteiger partial charge < -0.3 is 4.90 Å². The molecule has 0 bridgehead atoms. The summed E-state index contributed by atoms with van der Waals surface area (Å²) >= 11 is 0. The molecule has 3 heterocycles. The number of piperazine rings is 1. The summed E-state index contributed by atoms with van der Waals surface area (Å²) in [6, 6.07) is 16.7. The van der Waals surface area contributed by atoms with Crippen LogP contribution in [-0.4, -0.2) is 56.0 Å². The third-order valence-electron chi connectivity index (χ3n) is 5.47. The summed E-state index contributed by atoms with van der Waals surface area (Å²) in [4.78, 5) is 13.5. The van der Waals surface area contributed by atoms with Crippen LogP contribution in [0.5, 0.6) is 0 Å². The van der Waals surface area contributed by atoms with Crippen molar-refractivity contribution in [3.05, 3.63) is 78.8 Å². The van der Waals surface area contributed by atoms with E-state index < -0.39 is 10.0 Å². The second-order valence-electron chi connectivity index (χ2n) is 7.48. The zero-order chi connectivity index (χ0) is 21.7. The summed E-state index contributed by atoms with van der Waals surface area (Å²) in [6.07, 6.45) is 5.16. The van der Waals surface area contributed by atoms with E-state index in [-0.39, 0.29) is 4.90 Å². The van der Waals surface area contributed by atoms with Gasteiger partial charge in [-0.25, -0.2) is 13.4 Å². The average Bonchev–Trinajstić information content (AvgIpc) is 2.81. The van der Waals surface area contributed by atoms with Gasteiger partial charge in [0.15, 0.2) is 0 Å². The third-order valence-corrected chi connectivity index (χ3v) is 7.35. The minimum Gasteiger partial charge on any atom is -0.354 e. The van der Waals surface area contributed by atoms with E-state index in [1.54, 1.807) is 24.4 Å². The quantitative estimate of drug-likeness (QED) is 0.566. The standard InChI is InChI=1S/C23H27N5O2S/c1-2-28(21-8-4-3-5-9-21)31(29,30)22-10-11-23(25-18-22)27-15-13-26(14-16-27)19-20-7-6-12-24-17-20/h3-12,17-18H,2,13-16,19H2,1H3. The fourth-order valence-electron chi connectivity index (χ4n) is 3.81. The lowest BCUT2D eigenvalue weighted by molar-refractivity contribution is 0.249. The first kappa shape index (κ1) is 21.3. The molecule has 0 N–H and O–H groups in total. The average molecular weight is 438 g/mol. The molecule has 4 rings (SSSR count). The molecule has 1 aliphatic rings. The van der Waals surface area contributed by atoms with Gasteiger partial charge in [0.05, 0.1) is 5.69 Å². The Balaban J connectivity index is 1.41. The minimum atomic E-state index is -3.66. The second kappa shape index (κ2) is 9.45. The van der Waals surface area contributed by atoms with Crippen molar-refractivity contribution in [3.8, 4) is 0 Å². The number of hydrogen-bond acceptors (Lipinski definition) is 6. The van der Waals surface area contributed by atoms with Crippen molar-refractivity contribution in [2.45, 2.75) is 18.4 Å². The van der Waals surface area contributed by atoms with Gasteiger partial charge in [-0.3, -0.25) is 14.2 Å². The molecule has 0 radical (unpaired) electrons. The van der Waals surface area contributed by atoms with Gasteiger partial charge in [-0.05, 0) is 42.8 Å². The number of rotatable bonds is 7. The number of aromatic nitrogens is 2. The Labute approximate surface area is 184 Å². The number of pyridine rings is 2. The van der Waals surface area contributed by atoms with Gasteiger partial charge in [-0.15, -0.1) is 0 Å². The molecule has 0 unspecified atom stereocenters. The Bertz CT molecular complexity index is 1070. The van der Waals surface area contributed by atoms with Crippen LogP contribution in [-0.2, 0) is 16.6 Å². The Morgan fingerprint density at radius 2 is 1.71 bits per heavy atom. The Hall–Kier alpha value is -2.97. The van der Waals surface area contributed by atoms with Gasteiger partial charge in [0.1, 0.15) is 10.7 Å². The molecule has 0 saturated carbocycles. The second-order valence-corrected chi connectivity index (χ2v) is 9.34. The highest BCUT2D eigenvalue weighted by atomic mass is 32.2. The van der Waals surface area contributed by atoms with Crippen LogP contribution in [0.4, 0.5) is 11.5 Å². The molecule has 8 heteroatoms. The molecule has 1 fully saturated rings. The van der Waals surface area contributed by atoms with Crippen LogP contribution in [0, 0.1) is 0 Å². The van der Waals surface area contributed by atoms with E-state index in [0.717, 1.165) is 38.5 Å². The zero-order valence-corrected chi connectivity index (χ0v) is 18.4. The van der Waals surface area contributed by atoms with Crippen LogP contribution in [0.1, 0.15) is 12.5 Å². The maximum Gasteiger partial charge on any atom is 0.265 e. The van der Waals surface area contributed by atoms with Crippen LogP contribution in [0.25, 0.3) is 0 Å². The summed E-state index contributed by atoms with van der Waals surface area (Å²) in [5.41, 5.74) is 1.86. The summed E-state index contributed by atoms with van der Waals surface area (Å²) in [6.45, 7) is 6.63. The van der Waals surface area contributed by atoms with Crippen molar-refractivity contribution in [1.82, 2.24) is 14.9 Å². The van der Waals surface area contributed by atoms with E-state index in [1.165, 1.54) is 16.1 Å². The van der Waals surface area contributed by atoms with Crippen LogP contribution >= 0.6 is 0 Å². The molecule has 162 valence electrons. The fourth-order valence-corrected chi connectivity index (χ4v) is 5.23. The van der Waals surface area contributed by atoms with Gasteiger partial charge in [0.2, 0.25) is 0 Å². The lowest BCUT2D eigenvalue weighted by Crippen LogP contribution is -2.46. The Morgan fingerprint density at radius 1 is 0.935 bits per heavy atom. The smallest absolute Gasteiger partial charge is 0.265 e. The maximum atomic E-state index is 13.1. The van der Waals surface area contributed by atoms with E-state index >= 15 is 0 Å². The van der Waals surface area contributed by atoms with Gasteiger partial charge in [-0.1, -0.05) is 24.3 Å². The van der Waals surface area contributed by atoms with Gasteiger partial charge in [0, 0.05) is 57.9 Å². The molecule has 0 spiro atoms. The summed E-state index contributed by atoms with van der Waals surface area (Å²) in [5, 5.41) is 0. The Kier molecular flexibility index (Phi) is 6.48. The first-order chi connectivity index (χ1) is 15.1. The molecule has 0 aliphatic carbocycles. The number of nitrogens with zero attached hydrogens (tertiary/aromatic N) is 5. The maximum absolute atomic E-state index is 13.1. The number of anilines is 2. The minimum absolute atomic E-state index is 0.206. The topological polar surface area (TPSA) is 69.6 Å². The molecule has 0 amide bonds. The predicted molar refractivity (Wildman–Crippen MR) is 123 cm³/mol. The van der Waals surface area contributed by atoms with Crippen molar-refractivity contribution < 1.29 is 8.42 Å². The SMILES string of the molecule is CCN(c1ccccc1)S(=O)(=O)c1ccc(N2CCN(Cc3cccnc3)CC2)nc1. The lowest BCUT2D eigenvalue weighted by Gasteiger charge is -2.35. The van der Waals surface area contributed by atoms with E-state index in [2.05, 4.69) is 25.8 Å². The summed E-state index contributed by atoms with van der Waals surface area (Å²) < 4.78 is 27.7. The molecular formula is C23H27N5O2S. The van der Waals surface area contributed by atoms with Crippen LogP contribution in [0.15, 0.2) is 78.1 Å². The van der Waals surface area contributed by atoms with Crippen LogP contribution in [0.3, 0.4) is 0 Å². The first-order valence-electron chi connectivity index (χ1n) is 10.5. The highest BCUT2D eigenvalue weighted by Crippen LogP contribution is 2.24. The normalized spacial score (nSPS) is 15.1. The molecule has 2 aromatic heterocycles. The van der Waals surface area contributed by atoms with Gasteiger partial charge in [0.25, 0.3) is 10.0 Å². The third kappa shape index (κ3) is 4.86. The molecular weight excluding hydrogens is 410 g/mol. The van der Waals surface area contributed by atoms with Crippen molar-refractivity contribution in [2.75, 3.05) is 41.9 Å². The van der Waals surface area contributed by atoms with E-state index in [1.807, 2.05) is 43.5 Å². The number of hydrogen-bond donors (Lipinski definition) is 0. The molecule has 1 aliphatic heterocycles. The lowest BCUT2D eigenvalue weighted by atomic mass is 10.2. The molecule has 31 heavy (non-hydrogen) atoms. The predicted octanol–water partition coefficient (Wildman–Crippen LogP) is 3.01. The summed E-state index contributed by atoms with van der Waals surface area (Å²) in [7, 11) is -3.66. The van der Waals surface area contributed by atoms with Gasteiger partial charge >= 0.3 is 0 Å².